The van der Waals surface area contributed by atoms with Gasteiger partial charge in [0.1, 0.15) is 5.76 Å². The van der Waals surface area contributed by atoms with Gasteiger partial charge in [0.25, 0.3) is 5.91 Å². The number of benzene rings is 1. The van der Waals surface area contributed by atoms with Crippen molar-refractivity contribution in [3.8, 4) is 0 Å². The molecule has 1 amide bonds. The Balaban J connectivity index is 1.37. The second-order valence-corrected chi connectivity index (χ2v) is 7.14. The summed E-state index contributed by atoms with van der Waals surface area (Å²) in [6, 6.07) is 12.1. The normalized spacial score (nSPS) is 23.7. The Hall–Kier alpha value is -2.11. The summed E-state index contributed by atoms with van der Waals surface area (Å²) in [5.41, 5.74) is 1.88. The van der Waals surface area contributed by atoms with Crippen LogP contribution < -0.4 is 5.32 Å². The average molecular weight is 340 g/mol. The molecule has 2 N–H and O–H groups in total. The Kier molecular flexibility index (Phi) is 4.59. The third-order valence-electron chi connectivity index (χ3n) is 5.12. The Morgan fingerprint density at radius 2 is 2.04 bits per heavy atom. The lowest BCUT2D eigenvalue weighted by Gasteiger charge is -2.24. The summed E-state index contributed by atoms with van der Waals surface area (Å²) in [5.74, 6) is 1.17. The SMILES string of the molecule is O=C(NC[C@H]1C[C@@H](O)CN1Cc1ccccc1)c1ccoc1C1CC1. The van der Waals surface area contributed by atoms with Crippen LogP contribution in [0.2, 0.25) is 0 Å². The van der Waals surface area contributed by atoms with Crippen molar-refractivity contribution in [2.75, 3.05) is 13.1 Å². The van der Waals surface area contributed by atoms with E-state index in [2.05, 4.69) is 22.3 Å². The first kappa shape index (κ1) is 16.4. The van der Waals surface area contributed by atoms with Crippen LogP contribution in [0.15, 0.2) is 47.1 Å². The monoisotopic (exact) mass is 340 g/mol. The van der Waals surface area contributed by atoms with E-state index in [1.54, 1.807) is 12.3 Å². The summed E-state index contributed by atoms with van der Waals surface area (Å²) in [4.78, 5) is 14.8. The molecule has 1 aromatic carbocycles. The lowest BCUT2D eigenvalue weighted by atomic mass is 10.1. The van der Waals surface area contributed by atoms with Gasteiger partial charge in [-0.15, -0.1) is 0 Å². The number of nitrogens with one attached hydrogen (secondary N) is 1. The van der Waals surface area contributed by atoms with Crippen molar-refractivity contribution in [3.05, 3.63) is 59.5 Å². The summed E-state index contributed by atoms with van der Waals surface area (Å²) >= 11 is 0. The van der Waals surface area contributed by atoms with Gasteiger partial charge < -0.3 is 14.8 Å². The van der Waals surface area contributed by atoms with E-state index in [1.165, 1.54) is 5.56 Å². The highest BCUT2D eigenvalue weighted by molar-refractivity contribution is 5.95. The highest BCUT2D eigenvalue weighted by Gasteiger charge is 2.33. The molecule has 0 spiro atoms. The topological polar surface area (TPSA) is 65.7 Å². The zero-order chi connectivity index (χ0) is 17.2. The van der Waals surface area contributed by atoms with E-state index in [-0.39, 0.29) is 18.1 Å². The number of aliphatic hydroxyl groups is 1. The number of hydrogen-bond acceptors (Lipinski definition) is 4. The van der Waals surface area contributed by atoms with E-state index < -0.39 is 0 Å². The number of β-amino-alcohol motifs (C(OH)–C–C–N with tert-alkyl or cyclic N) is 1. The fourth-order valence-corrected chi connectivity index (χ4v) is 3.66. The van der Waals surface area contributed by atoms with Crippen molar-refractivity contribution in [1.82, 2.24) is 10.2 Å². The third-order valence-corrected chi connectivity index (χ3v) is 5.12. The highest BCUT2D eigenvalue weighted by atomic mass is 16.3. The molecule has 2 heterocycles. The number of carbonyl (C=O) groups is 1. The molecule has 2 fully saturated rings. The van der Waals surface area contributed by atoms with Crippen LogP contribution >= 0.6 is 0 Å². The van der Waals surface area contributed by atoms with Gasteiger partial charge in [0.2, 0.25) is 0 Å². The van der Waals surface area contributed by atoms with Crippen molar-refractivity contribution in [2.45, 2.75) is 43.9 Å². The Bertz CT molecular complexity index is 724. The second-order valence-electron chi connectivity index (χ2n) is 7.14. The van der Waals surface area contributed by atoms with E-state index in [0.717, 1.165) is 25.1 Å². The molecule has 132 valence electrons. The summed E-state index contributed by atoms with van der Waals surface area (Å²) in [5, 5.41) is 13.1. The van der Waals surface area contributed by atoms with Gasteiger partial charge in [-0.3, -0.25) is 9.69 Å². The standard InChI is InChI=1S/C20H24N2O3/c23-17-10-16(22(13-17)12-14-4-2-1-3-5-14)11-21-20(24)18-8-9-25-19(18)15-6-7-15/h1-5,8-9,15-17,23H,6-7,10-13H2,(H,21,24)/t16-,17-/m1/s1. The van der Waals surface area contributed by atoms with Crippen molar-refractivity contribution < 1.29 is 14.3 Å². The number of likely N-dealkylation sites (tertiary alicyclic amines) is 1. The van der Waals surface area contributed by atoms with E-state index >= 15 is 0 Å². The molecule has 2 aliphatic rings. The number of amides is 1. The van der Waals surface area contributed by atoms with Crippen LogP contribution in [0.4, 0.5) is 0 Å². The number of rotatable bonds is 6. The molecule has 1 aliphatic heterocycles. The largest absolute Gasteiger partial charge is 0.468 e. The van der Waals surface area contributed by atoms with Gasteiger partial charge >= 0.3 is 0 Å². The summed E-state index contributed by atoms with van der Waals surface area (Å²) in [6.45, 7) is 1.98. The molecule has 4 rings (SSSR count). The first-order valence-electron chi connectivity index (χ1n) is 9.02. The van der Waals surface area contributed by atoms with Crippen LogP contribution in [-0.2, 0) is 6.54 Å². The molecule has 5 heteroatoms. The lowest BCUT2D eigenvalue weighted by Crippen LogP contribution is -2.39. The molecule has 0 radical (unpaired) electrons. The molecular weight excluding hydrogens is 316 g/mol. The van der Waals surface area contributed by atoms with E-state index in [1.807, 2.05) is 18.2 Å². The molecule has 1 saturated carbocycles. The van der Waals surface area contributed by atoms with E-state index in [0.29, 0.717) is 31.0 Å². The maximum absolute atomic E-state index is 12.5. The van der Waals surface area contributed by atoms with Gasteiger partial charge in [-0.25, -0.2) is 0 Å². The number of nitrogens with zero attached hydrogens (tertiary/aromatic N) is 1. The molecule has 5 nitrogen and oxygen atoms in total. The Labute approximate surface area is 147 Å². The average Bonchev–Trinajstić information content (AvgIpc) is 3.23. The number of carbonyl (C=O) groups excluding carboxylic acids is 1. The van der Waals surface area contributed by atoms with Crippen LogP contribution in [0.5, 0.6) is 0 Å². The minimum absolute atomic E-state index is 0.0725. The smallest absolute Gasteiger partial charge is 0.254 e. The summed E-state index contributed by atoms with van der Waals surface area (Å²) in [7, 11) is 0. The van der Waals surface area contributed by atoms with Crippen LogP contribution in [0.3, 0.4) is 0 Å². The van der Waals surface area contributed by atoms with Gasteiger partial charge in [0, 0.05) is 31.6 Å². The van der Waals surface area contributed by atoms with Crippen molar-refractivity contribution in [2.24, 2.45) is 0 Å². The van der Waals surface area contributed by atoms with Gasteiger partial charge in [-0.1, -0.05) is 30.3 Å². The minimum Gasteiger partial charge on any atom is -0.468 e. The van der Waals surface area contributed by atoms with Crippen LogP contribution in [-0.4, -0.2) is 41.1 Å². The van der Waals surface area contributed by atoms with Gasteiger partial charge in [0.15, 0.2) is 0 Å². The van der Waals surface area contributed by atoms with Crippen LogP contribution in [0.1, 0.15) is 46.9 Å². The second kappa shape index (κ2) is 7.02. The minimum atomic E-state index is -0.332. The van der Waals surface area contributed by atoms with Gasteiger partial charge in [0.05, 0.1) is 17.9 Å². The van der Waals surface area contributed by atoms with Crippen molar-refractivity contribution >= 4 is 5.91 Å². The summed E-state index contributed by atoms with van der Waals surface area (Å²) in [6.07, 6.45) is 4.17. The number of hydrogen-bond donors (Lipinski definition) is 2. The predicted octanol–water partition coefficient (Wildman–Crippen LogP) is 2.52. The fourth-order valence-electron chi connectivity index (χ4n) is 3.66. The maximum atomic E-state index is 12.5. The summed E-state index contributed by atoms with van der Waals surface area (Å²) < 4.78 is 5.49. The molecule has 1 saturated heterocycles. The molecule has 0 unspecified atom stereocenters. The highest BCUT2D eigenvalue weighted by Crippen LogP contribution is 2.42. The quantitative estimate of drug-likeness (QED) is 0.848. The van der Waals surface area contributed by atoms with Gasteiger partial charge in [-0.2, -0.15) is 0 Å². The first-order chi connectivity index (χ1) is 12.2. The number of aliphatic hydroxyl groups excluding tert-OH is 1. The van der Waals surface area contributed by atoms with Crippen LogP contribution in [0.25, 0.3) is 0 Å². The molecule has 2 atom stereocenters. The molecule has 0 bridgehead atoms. The Morgan fingerprint density at radius 1 is 1.24 bits per heavy atom. The molecule has 1 aliphatic carbocycles. The van der Waals surface area contributed by atoms with E-state index in [4.69, 9.17) is 4.42 Å². The zero-order valence-corrected chi connectivity index (χ0v) is 14.2. The lowest BCUT2D eigenvalue weighted by molar-refractivity contribution is 0.0937. The fraction of sp³-hybridized carbons (Fsp3) is 0.450. The molecular formula is C20H24N2O3. The third kappa shape index (κ3) is 3.78. The van der Waals surface area contributed by atoms with Gasteiger partial charge in [-0.05, 0) is 30.9 Å². The molecule has 2 aromatic rings. The number of furan rings is 1. The predicted molar refractivity (Wildman–Crippen MR) is 94.3 cm³/mol. The molecule has 25 heavy (non-hydrogen) atoms. The Morgan fingerprint density at radius 3 is 2.80 bits per heavy atom. The van der Waals surface area contributed by atoms with Crippen molar-refractivity contribution in [1.29, 1.82) is 0 Å². The molecule has 1 aromatic heterocycles. The zero-order valence-electron chi connectivity index (χ0n) is 14.2. The van der Waals surface area contributed by atoms with Crippen LogP contribution in [0, 0.1) is 0 Å². The maximum Gasteiger partial charge on any atom is 0.254 e. The van der Waals surface area contributed by atoms with E-state index in [9.17, 15) is 9.90 Å². The van der Waals surface area contributed by atoms with Crippen molar-refractivity contribution in [3.63, 3.8) is 0 Å². The first-order valence-corrected chi connectivity index (χ1v) is 9.02.